The summed E-state index contributed by atoms with van der Waals surface area (Å²) in [6, 6.07) is 7.36. The smallest absolute Gasteiger partial charge is 0.180 e. The third kappa shape index (κ3) is 1.74. The van der Waals surface area contributed by atoms with Crippen molar-refractivity contribution in [1.82, 2.24) is 15.4 Å². The predicted molar refractivity (Wildman–Crippen MR) is 68.9 cm³/mol. The lowest BCUT2D eigenvalue weighted by atomic mass is 10.0. The van der Waals surface area contributed by atoms with E-state index in [1.54, 1.807) is 18.5 Å². The topological polar surface area (TPSA) is 80.7 Å². The number of anilines is 1. The Morgan fingerprint density at radius 2 is 2.17 bits per heavy atom. The molecule has 0 aliphatic heterocycles. The van der Waals surface area contributed by atoms with Gasteiger partial charge in [-0.1, -0.05) is 28.9 Å². The molecule has 0 saturated carbocycles. The second-order valence-corrected chi connectivity index (χ2v) is 4.21. The van der Waals surface area contributed by atoms with Gasteiger partial charge in [-0.05, 0) is 17.7 Å². The number of aromatic amines is 1. The minimum atomic E-state index is 0.327. The van der Waals surface area contributed by atoms with Crippen LogP contribution in [0.15, 0.2) is 41.2 Å². The largest absolute Gasteiger partial charge is 0.380 e. The molecule has 2 aromatic heterocycles. The highest BCUT2D eigenvalue weighted by Crippen LogP contribution is 2.36. The van der Waals surface area contributed by atoms with Crippen molar-refractivity contribution in [2.24, 2.45) is 0 Å². The molecule has 3 aromatic rings. The Hall–Kier alpha value is -2.27. The highest BCUT2D eigenvalue weighted by molar-refractivity contribution is 6.30. The SMILES string of the molecule is Nc1noc(-c2cn[nH]c2)c1-c1cccc(Cl)c1. The fourth-order valence-electron chi connectivity index (χ4n) is 1.80. The molecule has 0 spiro atoms. The van der Waals surface area contributed by atoms with Crippen molar-refractivity contribution in [2.75, 3.05) is 5.73 Å². The van der Waals surface area contributed by atoms with Crippen LogP contribution in [-0.4, -0.2) is 15.4 Å². The van der Waals surface area contributed by atoms with Crippen LogP contribution in [-0.2, 0) is 0 Å². The second-order valence-electron chi connectivity index (χ2n) is 3.77. The summed E-state index contributed by atoms with van der Waals surface area (Å²) in [5, 5.41) is 11.0. The molecule has 0 atom stereocenters. The van der Waals surface area contributed by atoms with Crippen LogP contribution in [0.5, 0.6) is 0 Å². The number of hydrogen-bond acceptors (Lipinski definition) is 4. The minimum Gasteiger partial charge on any atom is -0.380 e. The van der Waals surface area contributed by atoms with Crippen molar-refractivity contribution in [3.8, 4) is 22.5 Å². The van der Waals surface area contributed by atoms with E-state index in [-0.39, 0.29) is 0 Å². The molecule has 3 N–H and O–H groups in total. The van der Waals surface area contributed by atoms with Crippen LogP contribution >= 0.6 is 11.6 Å². The zero-order valence-corrected chi connectivity index (χ0v) is 9.98. The summed E-state index contributed by atoms with van der Waals surface area (Å²) in [6.07, 6.45) is 3.36. The molecule has 90 valence electrons. The van der Waals surface area contributed by atoms with Crippen LogP contribution in [0.2, 0.25) is 5.02 Å². The van der Waals surface area contributed by atoms with Gasteiger partial charge in [-0.3, -0.25) is 5.10 Å². The van der Waals surface area contributed by atoms with E-state index in [1.165, 1.54) is 0 Å². The lowest BCUT2D eigenvalue weighted by molar-refractivity contribution is 0.436. The van der Waals surface area contributed by atoms with Gasteiger partial charge in [0.25, 0.3) is 0 Å². The first-order chi connectivity index (χ1) is 8.75. The molecule has 0 unspecified atom stereocenters. The van der Waals surface area contributed by atoms with Gasteiger partial charge in [0.05, 0.1) is 17.3 Å². The third-order valence-corrected chi connectivity index (χ3v) is 2.83. The van der Waals surface area contributed by atoms with Crippen molar-refractivity contribution >= 4 is 17.4 Å². The molecule has 0 aliphatic carbocycles. The first-order valence-electron chi connectivity index (χ1n) is 5.26. The highest BCUT2D eigenvalue weighted by Gasteiger charge is 2.18. The summed E-state index contributed by atoms with van der Waals surface area (Å²) in [4.78, 5) is 0. The Bertz CT molecular complexity index is 675. The molecule has 1 aromatic carbocycles. The molecule has 5 nitrogen and oxygen atoms in total. The molecule has 0 fully saturated rings. The summed E-state index contributed by atoms with van der Waals surface area (Å²) in [5.74, 6) is 0.900. The fraction of sp³-hybridized carbons (Fsp3) is 0. The van der Waals surface area contributed by atoms with Gasteiger partial charge >= 0.3 is 0 Å². The summed E-state index contributed by atoms with van der Waals surface area (Å²) in [5.41, 5.74) is 8.22. The van der Waals surface area contributed by atoms with Crippen molar-refractivity contribution in [1.29, 1.82) is 0 Å². The minimum absolute atomic E-state index is 0.327. The maximum atomic E-state index is 5.98. The van der Waals surface area contributed by atoms with E-state index in [0.717, 1.165) is 16.7 Å². The van der Waals surface area contributed by atoms with Gasteiger partial charge in [-0.2, -0.15) is 5.10 Å². The van der Waals surface area contributed by atoms with E-state index in [1.807, 2.05) is 18.2 Å². The van der Waals surface area contributed by atoms with Crippen molar-refractivity contribution < 1.29 is 4.52 Å². The van der Waals surface area contributed by atoms with Gasteiger partial charge in [0.1, 0.15) is 0 Å². The highest BCUT2D eigenvalue weighted by atomic mass is 35.5. The molecule has 0 saturated heterocycles. The Balaban J connectivity index is 2.20. The second kappa shape index (κ2) is 4.19. The predicted octanol–water partition coefficient (Wildman–Crippen LogP) is 2.97. The number of aromatic nitrogens is 3. The van der Waals surface area contributed by atoms with E-state index in [2.05, 4.69) is 15.4 Å². The van der Waals surface area contributed by atoms with Gasteiger partial charge in [0.15, 0.2) is 11.6 Å². The van der Waals surface area contributed by atoms with E-state index in [9.17, 15) is 0 Å². The van der Waals surface area contributed by atoms with E-state index in [4.69, 9.17) is 21.9 Å². The normalized spacial score (nSPS) is 10.7. The maximum Gasteiger partial charge on any atom is 0.180 e. The number of H-pyrrole nitrogens is 1. The number of nitrogens with one attached hydrogen (secondary N) is 1. The van der Waals surface area contributed by atoms with Crippen molar-refractivity contribution in [3.05, 3.63) is 41.7 Å². The zero-order valence-electron chi connectivity index (χ0n) is 9.22. The number of nitrogens with zero attached hydrogens (tertiary/aromatic N) is 2. The molecule has 18 heavy (non-hydrogen) atoms. The number of nitrogen functional groups attached to an aromatic ring is 1. The monoisotopic (exact) mass is 260 g/mol. The van der Waals surface area contributed by atoms with Gasteiger partial charge in [-0.25, -0.2) is 0 Å². The average Bonchev–Trinajstić information content (AvgIpc) is 2.97. The van der Waals surface area contributed by atoms with Gasteiger partial charge in [0.2, 0.25) is 0 Å². The summed E-state index contributed by atoms with van der Waals surface area (Å²) in [7, 11) is 0. The van der Waals surface area contributed by atoms with Gasteiger partial charge in [0, 0.05) is 11.2 Å². The first-order valence-corrected chi connectivity index (χ1v) is 5.64. The molecule has 0 radical (unpaired) electrons. The van der Waals surface area contributed by atoms with Crippen LogP contribution in [0.4, 0.5) is 5.82 Å². The lowest BCUT2D eigenvalue weighted by Gasteiger charge is -2.01. The van der Waals surface area contributed by atoms with Crippen LogP contribution in [0.25, 0.3) is 22.5 Å². The third-order valence-electron chi connectivity index (χ3n) is 2.59. The molecular formula is C12H9ClN4O. The molecule has 2 heterocycles. The van der Waals surface area contributed by atoms with Crippen LogP contribution in [0, 0.1) is 0 Å². The number of rotatable bonds is 2. The number of benzene rings is 1. The average molecular weight is 261 g/mol. The zero-order chi connectivity index (χ0) is 12.5. The Labute approximate surface area is 108 Å². The number of hydrogen-bond donors (Lipinski definition) is 2. The molecule has 0 amide bonds. The van der Waals surface area contributed by atoms with Crippen LogP contribution in [0.1, 0.15) is 0 Å². The number of halogens is 1. The van der Waals surface area contributed by atoms with Crippen LogP contribution in [0.3, 0.4) is 0 Å². The lowest BCUT2D eigenvalue weighted by Crippen LogP contribution is -1.88. The van der Waals surface area contributed by atoms with E-state index >= 15 is 0 Å². The first kappa shape index (κ1) is 10.9. The standard InChI is InChI=1S/C12H9ClN4O/c13-9-3-1-2-7(4-9)10-11(18-17-12(10)14)8-5-15-16-6-8/h1-6H,(H2,14,17)(H,15,16). The summed E-state index contributed by atoms with van der Waals surface area (Å²) < 4.78 is 5.26. The van der Waals surface area contributed by atoms with Gasteiger partial charge in [-0.15, -0.1) is 0 Å². The Morgan fingerprint density at radius 3 is 2.89 bits per heavy atom. The number of nitrogens with two attached hydrogens (primary N) is 1. The molecule has 6 heteroatoms. The molecule has 3 rings (SSSR count). The molecule has 0 aliphatic rings. The fourth-order valence-corrected chi connectivity index (χ4v) is 1.99. The Kier molecular flexibility index (Phi) is 2.53. The van der Waals surface area contributed by atoms with Crippen molar-refractivity contribution in [2.45, 2.75) is 0 Å². The van der Waals surface area contributed by atoms with E-state index in [0.29, 0.717) is 16.6 Å². The Morgan fingerprint density at radius 1 is 1.28 bits per heavy atom. The molecule has 0 bridgehead atoms. The quantitative estimate of drug-likeness (QED) is 0.742. The van der Waals surface area contributed by atoms with Crippen molar-refractivity contribution in [3.63, 3.8) is 0 Å². The molecular weight excluding hydrogens is 252 g/mol. The van der Waals surface area contributed by atoms with E-state index < -0.39 is 0 Å². The summed E-state index contributed by atoms with van der Waals surface area (Å²) >= 11 is 5.98. The maximum absolute atomic E-state index is 5.98. The van der Waals surface area contributed by atoms with Crippen LogP contribution < -0.4 is 5.73 Å². The summed E-state index contributed by atoms with van der Waals surface area (Å²) in [6.45, 7) is 0. The van der Waals surface area contributed by atoms with Gasteiger partial charge < -0.3 is 10.3 Å².